The molecule has 16 heavy (non-hydrogen) atoms. The van der Waals surface area contributed by atoms with E-state index in [1.807, 2.05) is 0 Å². The third kappa shape index (κ3) is 3.29. The molecule has 4 heteroatoms. The highest BCUT2D eigenvalue weighted by molar-refractivity contribution is 9.10. The van der Waals surface area contributed by atoms with Gasteiger partial charge in [0.15, 0.2) is 0 Å². The summed E-state index contributed by atoms with van der Waals surface area (Å²) in [5, 5.41) is 5.69. The van der Waals surface area contributed by atoms with Crippen LogP contribution in [0.1, 0.15) is 24.1 Å². The van der Waals surface area contributed by atoms with E-state index in [2.05, 4.69) is 32.7 Å². The number of methoxy groups -OCH3 is 1. The fourth-order valence-corrected chi connectivity index (χ4v) is 3.37. The van der Waals surface area contributed by atoms with Crippen molar-refractivity contribution in [1.29, 1.82) is 0 Å². The van der Waals surface area contributed by atoms with E-state index in [4.69, 9.17) is 4.74 Å². The second-order valence-corrected chi connectivity index (χ2v) is 6.39. The molecule has 90 valence electrons. The third-order valence-corrected chi connectivity index (χ3v) is 5.20. The standard InChI is InChI=1S/C12H18BrNOS/c1-15-6-5-12(3-4-12)9-14-8-11-10(13)2-7-16-11/h2,7,14H,3-6,8-9H2,1H3. The van der Waals surface area contributed by atoms with Gasteiger partial charge in [0, 0.05) is 36.2 Å². The molecule has 0 saturated heterocycles. The zero-order chi connectivity index (χ0) is 11.4. The number of rotatable bonds is 7. The van der Waals surface area contributed by atoms with Gasteiger partial charge in [-0.05, 0) is 52.1 Å². The Morgan fingerprint density at radius 1 is 1.56 bits per heavy atom. The number of hydrogen-bond donors (Lipinski definition) is 1. The van der Waals surface area contributed by atoms with Crippen molar-refractivity contribution in [2.45, 2.75) is 25.8 Å². The first kappa shape index (κ1) is 12.6. The minimum Gasteiger partial charge on any atom is -0.385 e. The summed E-state index contributed by atoms with van der Waals surface area (Å²) in [5.74, 6) is 0. The van der Waals surface area contributed by atoms with E-state index in [9.17, 15) is 0 Å². The molecule has 1 N–H and O–H groups in total. The molecule has 2 rings (SSSR count). The quantitative estimate of drug-likeness (QED) is 0.833. The van der Waals surface area contributed by atoms with Gasteiger partial charge in [-0.25, -0.2) is 0 Å². The van der Waals surface area contributed by atoms with Gasteiger partial charge in [-0.1, -0.05) is 0 Å². The van der Waals surface area contributed by atoms with Crippen molar-refractivity contribution in [3.63, 3.8) is 0 Å². The molecule has 1 aliphatic carbocycles. The molecule has 1 aliphatic rings. The van der Waals surface area contributed by atoms with Crippen molar-refractivity contribution in [2.75, 3.05) is 20.3 Å². The molecule has 0 radical (unpaired) electrons. The zero-order valence-electron chi connectivity index (χ0n) is 9.59. The second kappa shape index (κ2) is 5.63. The summed E-state index contributed by atoms with van der Waals surface area (Å²) in [7, 11) is 1.78. The second-order valence-electron chi connectivity index (χ2n) is 4.54. The van der Waals surface area contributed by atoms with Crippen LogP contribution in [0, 0.1) is 5.41 Å². The lowest BCUT2D eigenvalue weighted by atomic mass is 10.0. The van der Waals surface area contributed by atoms with E-state index in [0.717, 1.165) is 19.7 Å². The van der Waals surface area contributed by atoms with Crippen LogP contribution in [-0.4, -0.2) is 20.3 Å². The van der Waals surface area contributed by atoms with Crippen LogP contribution >= 0.6 is 27.3 Å². The fraction of sp³-hybridized carbons (Fsp3) is 0.667. The van der Waals surface area contributed by atoms with Gasteiger partial charge in [0.05, 0.1) is 0 Å². The van der Waals surface area contributed by atoms with Crippen LogP contribution in [0.2, 0.25) is 0 Å². The Kier molecular flexibility index (Phi) is 4.41. The SMILES string of the molecule is COCCC1(CNCc2sccc2Br)CC1. The fourth-order valence-electron chi connectivity index (χ4n) is 1.90. The average molecular weight is 304 g/mol. The lowest BCUT2D eigenvalue weighted by molar-refractivity contribution is 0.171. The van der Waals surface area contributed by atoms with Crippen molar-refractivity contribution in [1.82, 2.24) is 5.32 Å². The molecular formula is C12H18BrNOS. The number of thiophene rings is 1. The van der Waals surface area contributed by atoms with E-state index in [0.29, 0.717) is 5.41 Å². The first-order valence-corrected chi connectivity index (χ1v) is 7.35. The van der Waals surface area contributed by atoms with Gasteiger partial charge in [0.1, 0.15) is 0 Å². The molecule has 0 aromatic carbocycles. The van der Waals surface area contributed by atoms with Gasteiger partial charge in [-0.3, -0.25) is 0 Å². The van der Waals surface area contributed by atoms with E-state index in [1.165, 1.54) is 28.6 Å². The van der Waals surface area contributed by atoms with E-state index < -0.39 is 0 Å². The highest BCUT2D eigenvalue weighted by Gasteiger charge is 2.41. The summed E-state index contributed by atoms with van der Waals surface area (Å²) >= 11 is 5.36. The lowest BCUT2D eigenvalue weighted by Gasteiger charge is -2.15. The van der Waals surface area contributed by atoms with Gasteiger partial charge in [-0.2, -0.15) is 0 Å². The first-order valence-electron chi connectivity index (χ1n) is 5.67. The number of ether oxygens (including phenoxy) is 1. The predicted octanol–water partition coefficient (Wildman–Crippen LogP) is 3.42. The molecule has 0 aliphatic heterocycles. The Morgan fingerprint density at radius 2 is 2.38 bits per heavy atom. The van der Waals surface area contributed by atoms with E-state index in [-0.39, 0.29) is 0 Å². The summed E-state index contributed by atoms with van der Waals surface area (Å²) < 4.78 is 6.38. The highest BCUT2D eigenvalue weighted by atomic mass is 79.9. The monoisotopic (exact) mass is 303 g/mol. The number of hydrogen-bond acceptors (Lipinski definition) is 3. The predicted molar refractivity (Wildman–Crippen MR) is 71.9 cm³/mol. The van der Waals surface area contributed by atoms with E-state index in [1.54, 1.807) is 18.4 Å². The van der Waals surface area contributed by atoms with Crippen LogP contribution in [-0.2, 0) is 11.3 Å². The van der Waals surface area contributed by atoms with Gasteiger partial charge in [-0.15, -0.1) is 11.3 Å². The van der Waals surface area contributed by atoms with Crippen LogP contribution in [0.15, 0.2) is 15.9 Å². The largest absolute Gasteiger partial charge is 0.385 e. The molecule has 0 amide bonds. The molecule has 2 nitrogen and oxygen atoms in total. The molecule has 0 unspecified atom stereocenters. The Morgan fingerprint density at radius 3 is 2.94 bits per heavy atom. The molecule has 0 atom stereocenters. The van der Waals surface area contributed by atoms with E-state index >= 15 is 0 Å². The lowest BCUT2D eigenvalue weighted by Crippen LogP contribution is -2.24. The van der Waals surface area contributed by atoms with Crippen molar-refractivity contribution < 1.29 is 4.74 Å². The minimum atomic E-state index is 0.541. The summed E-state index contributed by atoms with van der Waals surface area (Å²) in [6.45, 7) is 3.00. The maximum Gasteiger partial charge on any atom is 0.0468 e. The third-order valence-electron chi connectivity index (χ3n) is 3.27. The van der Waals surface area contributed by atoms with Crippen LogP contribution < -0.4 is 5.32 Å². The summed E-state index contributed by atoms with van der Waals surface area (Å²) in [6.07, 6.45) is 3.91. The van der Waals surface area contributed by atoms with Crippen molar-refractivity contribution in [2.24, 2.45) is 5.41 Å². The van der Waals surface area contributed by atoms with Crippen LogP contribution in [0.5, 0.6) is 0 Å². The van der Waals surface area contributed by atoms with Gasteiger partial charge in [0.25, 0.3) is 0 Å². The van der Waals surface area contributed by atoms with Crippen molar-refractivity contribution in [3.05, 3.63) is 20.8 Å². The molecule has 1 fully saturated rings. The minimum absolute atomic E-state index is 0.541. The Hall–Kier alpha value is 0.100. The molecule has 0 bridgehead atoms. The molecule has 1 aromatic heterocycles. The summed E-state index contributed by atoms with van der Waals surface area (Å²) in [5.41, 5.74) is 0.541. The molecular weight excluding hydrogens is 286 g/mol. The van der Waals surface area contributed by atoms with Crippen molar-refractivity contribution >= 4 is 27.3 Å². The summed E-state index contributed by atoms with van der Waals surface area (Å²) in [6, 6.07) is 2.11. The maximum absolute atomic E-state index is 5.16. The van der Waals surface area contributed by atoms with Crippen LogP contribution in [0.3, 0.4) is 0 Å². The van der Waals surface area contributed by atoms with Crippen LogP contribution in [0.25, 0.3) is 0 Å². The molecule has 1 saturated carbocycles. The van der Waals surface area contributed by atoms with Gasteiger partial charge >= 0.3 is 0 Å². The maximum atomic E-state index is 5.16. The normalized spacial score (nSPS) is 17.6. The summed E-state index contributed by atoms with van der Waals surface area (Å²) in [4.78, 5) is 1.39. The molecule has 0 spiro atoms. The topological polar surface area (TPSA) is 21.3 Å². The Bertz CT molecular complexity index is 336. The first-order chi connectivity index (χ1) is 7.76. The number of nitrogens with one attached hydrogen (secondary N) is 1. The Balaban J connectivity index is 1.70. The smallest absolute Gasteiger partial charge is 0.0468 e. The van der Waals surface area contributed by atoms with Gasteiger partial charge in [0.2, 0.25) is 0 Å². The molecule has 1 aromatic rings. The number of halogens is 1. The Labute approximate surface area is 110 Å². The zero-order valence-corrected chi connectivity index (χ0v) is 12.0. The average Bonchev–Trinajstić information content (AvgIpc) is 2.94. The van der Waals surface area contributed by atoms with Crippen LogP contribution in [0.4, 0.5) is 0 Å². The van der Waals surface area contributed by atoms with Gasteiger partial charge < -0.3 is 10.1 Å². The molecule has 1 heterocycles. The highest BCUT2D eigenvalue weighted by Crippen LogP contribution is 2.48. The van der Waals surface area contributed by atoms with Crippen molar-refractivity contribution in [3.8, 4) is 0 Å².